The number of Topliss-reactive ketones (excluding diaryl/α,β-unsaturated/α-hetero) is 3. The molecular weight excluding hydrogens is 510 g/mol. The smallest absolute Gasteiger partial charge is 0.255 e. The number of morpholine rings is 1. The van der Waals surface area contributed by atoms with E-state index in [1.54, 1.807) is 14.1 Å². The molecule has 1 aliphatic heterocycles. The van der Waals surface area contributed by atoms with Gasteiger partial charge in [-0.1, -0.05) is 0 Å². The van der Waals surface area contributed by atoms with Crippen LogP contribution < -0.4 is 5.73 Å². The fourth-order valence-corrected chi connectivity index (χ4v) is 6.56. The van der Waals surface area contributed by atoms with E-state index in [4.69, 9.17) is 10.5 Å². The summed E-state index contributed by atoms with van der Waals surface area (Å²) >= 11 is 0. The predicted molar refractivity (Wildman–Crippen MR) is 135 cm³/mol. The van der Waals surface area contributed by atoms with Crippen molar-refractivity contribution in [3.63, 3.8) is 0 Å². The van der Waals surface area contributed by atoms with Crippen molar-refractivity contribution in [2.24, 2.45) is 17.6 Å². The van der Waals surface area contributed by atoms with Crippen LogP contribution >= 0.6 is 0 Å². The number of nitrogens with two attached hydrogens (primary N) is 1. The van der Waals surface area contributed by atoms with E-state index in [0.717, 1.165) is 0 Å². The Balaban J connectivity index is 1.62. The summed E-state index contributed by atoms with van der Waals surface area (Å²) in [5.41, 5.74) is 1.94. The highest BCUT2D eigenvalue weighted by atomic mass is 16.5. The fraction of sp³-hybridized carbons (Fsp3) is 0.481. The molecule has 1 fully saturated rings. The van der Waals surface area contributed by atoms with Crippen LogP contribution in [0.15, 0.2) is 34.8 Å². The molecule has 1 saturated heterocycles. The largest absolute Gasteiger partial charge is 0.510 e. The Kier molecular flexibility index (Phi) is 6.62. The van der Waals surface area contributed by atoms with Gasteiger partial charge in [0, 0.05) is 30.1 Å². The first-order chi connectivity index (χ1) is 18.4. The molecule has 4 atom stereocenters. The molecule has 6 N–H and O–H groups in total. The number of phenols is 1. The molecular formula is C27H31N3O9. The van der Waals surface area contributed by atoms with Crippen LogP contribution in [0.25, 0.3) is 0 Å². The summed E-state index contributed by atoms with van der Waals surface area (Å²) in [4.78, 5) is 55.9. The number of aromatic hydroxyl groups is 1. The van der Waals surface area contributed by atoms with Crippen molar-refractivity contribution in [1.29, 1.82) is 0 Å². The molecule has 5 rings (SSSR count). The third-order valence-electron chi connectivity index (χ3n) is 8.38. The highest BCUT2D eigenvalue weighted by Crippen LogP contribution is 2.52. The Morgan fingerprint density at radius 2 is 1.82 bits per heavy atom. The molecule has 4 aliphatic rings. The normalized spacial score (nSPS) is 29.3. The van der Waals surface area contributed by atoms with Crippen molar-refractivity contribution < 1.29 is 44.3 Å². The minimum atomic E-state index is -2.70. The molecule has 1 aromatic rings. The molecule has 39 heavy (non-hydrogen) atoms. The van der Waals surface area contributed by atoms with E-state index in [1.165, 1.54) is 17.0 Å². The van der Waals surface area contributed by atoms with Gasteiger partial charge in [0.2, 0.25) is 5.78 Å². The lowest BCUT2D eigenvalue weighted by Gasteiger charge is -2.50. The second kappa shape index (κ2) is 9.56. The number of ketones is 3. The summed E-state index contributed by atoms with van der Waals surface area (Å²) in [7, 11) is 3.13. The van der Waals surface area contributed by atoms with Crippen molar-refractivity contribution in [3.05, 3.63) is 51.5 Å². The van der Waals surface area contributed by atoms with Crippen molar-refractivity contribution >= 4 is 23.3 Å². The molecule has 0 spiro atoms. The second-order valence-corrected chi connectivity index (χ2v) is 10.8. The van der Waals surface area contributed by atoms with Gasteiger partial charge in [-0.15, -0.1) is 0 Å². The zero-order valence-corrected chi connectivity index (χ0v) is 21.6. The quantitative estimate of drug-likeness (QED) is 0.241. The number of phenolic OH excluding ortho intramolecular Hbond substituents is 1. The molecule has 1 heterocycles. The maximum Gasteiger partial charge on any atom is 0.255 e. The van der Waals surface area contributed by atoms with Gasteiger partial charge in [0.25, 0.3) is 5.91 Å². The van der Waals surface area contributed by atoms with Crippen molar-refractivity contribution in [2.45, 2.75) is 24.5 Å². The summed E-state index contributed by atoms with van der Waals surface area (Å²) in [5, 5.41) is 44.5. The van der Waals surface area contributed by atoms with Gasteiger partial charge in [-0.2, -0.15) is 0 Å². The van der Waals surface area contributed by atoms with Crippen LogP contribution in [0, 0.1) is 11.8 Å². The summed E-state index contributed by atoms with van der Waals surface area (Å²) in [6.07, 6.45) is 0.0195. The number of rotatable bonds is 5. The van der Waals surface area contributed by atoms with E-state index in [9.17, 15) is 39.6 Å². The van der Waals surface area contributed by atoms with Gasteiger partial charge in [-0.05, 0) is 50.6 Å². The van der Waals surface area contributed by atoms with Crippen molar-refractivity contribution in [1.82, 2.24) is 9.80 Å². The lowest BCUT2D eigenvalue weighted by atomic mass is 9.58. The van der Waals surface area contributed by atoms with Gasteiger partial charge in [-0.25, -0.2) is 0 Å². The number of likely N-dealkylation sites (N-methyl/N-ethyl adjacent to an activating group) is 1. The average molecular weight is 542 g/mol. The summed E-state index contributed by atoms with van der Waals surface area (Å²) in [5.74, 6) is -7.48. The Morgan fingerprint density at radius 3 is 2.44 bits per heavy atom. The van der Waals surface area contributed by atoms with Gasteiger partial charge < -0.3 is 30.9 Å². The number of hydrogen-bond donors (Lipinski definition) is 5. The molecule has 12 heteroatoms. The van der Waals surface area contributed by atoms with Crippen LogP contribution in [-0.4, -0.2) is 112 Å². The molecule has 0 bridgehead atoms. The van der Waals surface area contributed by atoms with Crippen LogP contribution in [-0.2, 0) is 20.7 Å². The van der Waals surface area contributed by atoms with Crippen LogP contribution in [0.1, 0.15) is 32.7 Å². The van der Waals surface area contributed by atoms with E-state index in [0.29, 0.717) is 31.9 Å². The van der Waals surface area contributed by atoms with Crippen molar-refractivity contribution in [3.8, 4) is 5.75 Å². The lowest BCUT2D eigenvalue weighted by Crippen LogP contribution is -2.63. The topological polar surface area (TPSA) is 191 Å². The van der Waals surface area contributed by atoms with Crippen LogP contribution in [0.2, 0.25) is 0 Å². The van der Waals surface area contributed by atoms with E-state index in [1.807, 2.05) is 4.90 Å². The second-order valence-electron chi connectivity index (χ2n) is 10.8. The molecule has 0 saturated carbocycles. The SMILES string of the molecule is CN(C)[C@H]1C(O)=C(C(N)=O)C(=O)[C@@]2(O)C(O)=C3C(=O)c4c(O)ccc(C(=O)CN5CCOCC5)c4C[C@H]3C[C@@H]12. The standard InChI is InChI=1S/C27H31N3O9/c1-29(2)21-15-10-12-9-14-13(17(32)11-30-5-7-39-8-6-30)3-4-16(31)19(14)22(33)18(12)24(35)27(15,38)25(36)20(23(21)34)26(28)37/h3-4,12,15,21,31,34-35,38H,5-11H2,1-2H3,(H2,28,37)/t12-,15-,21+,27-/m0/s1. The zero-order valence-electron chi connectivity index (χ0n) is 21.6. The van der Waals surface area contributed by atoms with Gasteiger partial charge in [0.1, 0.15) is 22.8 Å². The third kappa shape index (κ3) is 3.97. The van der Waals surface area contributed by atoms with Gasteiger partial charge in [-0.3, -0.25) is 29.0 Å². The Labute approximate surface area is 223 Å². The summed E-state index contributed by atoms with van der Waals surface area (Å²) in [6, 6.07) is 1.63. The fourth-order valence-electron chi connectivity index (χ4n) is 6.56. The Hall–Kier alpha value is -3.58. The minimum absolute atomic E-state index is 0.0431. The number of benzene rings is 1. The van der Waals surface area contributed by atoms with E-state index >= 15 is 0 Å². The number of carbonyl (C=O) groups is 4. The molecule has 0 radical (unpaired) electrons. The van der Waals surface area contributed by atoms with E-state index in [-0.39, 0.29) is 41.9 Å². The Morgan fingerprint density at radius 1 is 1.15 bits per heavy atom. The van der Waals surface area contributed by atoms with Crippen LogP contribution in [0.4, 0.5) is 0 Å². The number of amides is 1. The number of allylic oxidation sites excluding steroid dienone is 1. The maximum absolute atomic E-state index is 13.8. The average Bonchev–Trinajstić information content (AvgIpc) is 2.86. The number of carbonyl (C=O) groups excluding carboxylic acids is 4. The van der Waals surface area contributed by atoms with Gasteiger partial charge >= 0.3 is 0 Å². The molecule has 3 aliphatic carbocycles. The Bertz CT molecular complexity index is 1360. The number of primary amides is 1. The van der Waals surface area contributed by atoms with Crippen LogP contribution in [0.3, 0.4) is 0 Å². The maximum atomic E-state index is 13.8. The number of aliphatic hydroxyl groups is 3. The molecule has 1 aromatic carbocycles. The highest BCUT2D eigenvalue weighted by molar-refractivity contribution is 6.25. The summed E-state index contributed by atoms with van der Waals surface area (Å²) < 4.78 is 5.33. The first-order valence-electron chi connectivity index (χ1n) is 12.7. The lowest BCUT2D eigenvalue weighted by molar-refractivity contribution is -0.148. The van der Waals surface area contributed by atoms with Crippen molar-refractivity contribution in [2.75, 3.05) is 46.9 Å². The number of nitrogens with zero attached hydrogens (tertiary/aromatic N) is 2. The van der Waals surface area contributed by atoms with Crippen LogP contribution in [0.5, 0.6) is 5.75 Å². The monoisotopic (exact) mass is 541 g/mol. The summed E-state index contributed by atoms with van der Waals surface area (Å²) in [6.45, 7) is 2.27. The number of hydrogen-bond acceptors (Lipinski definition) is 11. The molecule has 12 nitrogen and oxygen atoms in total. The van der Waals surface area contributed by atoms with E-state index < -0.39 is 63.8 Å². The predicted octanol–water partition coefficient (Wildman–Crippen LogP) is -0.364. The molecule has 1 amide bonds. The zero-order chi connectivity index (χ0) is 28.4. The molecule has 208 valence electrons. The van der Waals surface area contributed by atoms with E-state index in [2.05, 4.69) is 0 Å². The molecule has 0 unspecified atom stereocenters. The van der Waals surface area contributed by atoms with Gasteiger partial charge in [0.05, 0.1) is 31.4 Å². The number of fused-ring (bicyclic) bond motifs is 3. The highest BCUT2D eigenvalue weighted by Gasteiger charge is 2.63. The number of aliphatic hydroxyl groups excluding tert-OH is 2. The minimum Gasteiger partial charge on any atom is -0.510 e. The molecule has 0 aromatic heterocycles. The third-order valence-corrected chi connectivity index (χ3v) is 8.38. The van der Waals surface area contributed by atoms with Gasteiger partial charge in [0.15, 0.2) is 17.2 Å². The number of ether oxygens (including phenoxy) is 1. The first-order valence-corrected chi connectivity index (χ1v) is 12.7. The first kappa shape index (κ1) is 27.0.